The molecule has 1 N–H and O–H groups in total. The lowest BCUT2D eigenvalue weighted by atomic mass is 10.0. The van der Waals surface area contributed by atoms with Crippen LogP contribution in [0.3, 0.4) is 0 Å². The minimum Gasteiger partial charge on any atom is -0.465 e. The van der Waals surface area contributed by atoms with E-state index in [9.17, 15) is 9.59 Å². The Kier molecular flexibility index (Phi) is 5.34. The van der Waals surface area contributed by atoms with Crippen LogP contribution in [0.15, 0.2) is 12.1 Å². The van der Waals surface area contributed by atoms with Gasteiger partial charge in [-0.1, -0.05) is 22.0 Å². The van der Waals surface area contributed by atoms with Gasteiger partial charge in [0.2, 0.25) is 0 Å². The van der Waals surface area contributed by atoms with E-state index >= 15 is 0 Å². The maximum atomic E-state index is 11.9. The minimum atomic E-state index is -0.517. The molecule has 0 spiro atoms. The van der Waals surface area contributed by atoms with Crippen molar-refractivity contribution in [3.05, 3.63) is 34.4 Å². The first-order valence-corrected chi connectivity index (χ1v) is 8.64. The van der Waals surface area contributed by atoms with Crippen LogP contribution in [0.5, 0.6) is 0 Å². The molecule has 1 aliphatic rings. The summed E-state index contributed by atoms with van der Waals surface area (Å²) >= 11 is 3.41. The minimum absolute atomic E-state index is 0.0177. The Bertz CT molecular complexity index is 622. The van der Waals surface area contributed by atoms with Crippen LogP contribution in [-0.4, -0.2) is 30.8 Å². The highest BCUT2D eigenvalue weighted by molar-refractivity contribution is 9.08. The van der Waals surface area contributed by atoms with E-state index in [2.05, 4.69) is 21.2 Å². The molecule has 0 radical (unpaired) electrons. The lowest BCUT2D eigenvalue weighted by Crippen LogP contribution is -2.39. The maximum absolute atomic E-state index is 11.9. The number of alkyl halides is 1. The van der Waals surface area contributed by atoms with Crippen LogP contribution in [-0.2, 0) is 27.6 Å². The Labute approximate surface area is 144 Å². The highest BCUT2D eigenvalue weighted by Gasteiger charge is 2.27. The number of amides is 1. The second-order valence-corrected chi connectivity index (χ2v) is 7.22. The standard InChI is InChI=1S/C17H22BrNO4/c1-17(2,3)23-16(21)19-13-6-10-5-12(9-18)14(15(20)22-4)8-11(10)7-13/h5,8,13H,6-7,9H2,1-4H3,(H,19,21). The molecule has 0 saturated carbocycles. The molecule has 0 heterocycles. The molecule has 1 aromatic rings. The van der Waals surface area contributed by atoms with Crippen molar-refractivity contribution in [1.29, 1.82) is 0 Å². The highest BCUT2D eigenvalue weighted by Crippen LogP contribution is 2.28. The van der Waals surface area contributed by atoms with Gasteiger partial charge in [0.15, 0.2) is 0 Å². The van der Waals surface area contributed by atoms with Gasteiger partial charge >= 0.3 is 12.1 Å². The van der Waals surface area contributed by atoms with Gasteiger partial charge in [0.1, 0.15) is 5.60 Å². The zero-order valence-electron chi connectivity index (χ0n) is 13.9. The van der Waals surface area contributed by atoms with E-state index < -0.39 is 11.7 Å². The van der Waals surface area contributed by atoms with Crippen molar-refractivity contribution in [3.63, 3.8) is 0 Å². The Balaban J connectivity index is 2.12. The molecule has 0 fully saturated rings. The summed E-state index contributed by atoms with van der Waals surface area (Å²) in [7, 11) is 1.38. The number of ether oxygens (including phenoxy) is 2. The van der Waals surface area contributed by atoms with Crippen LogP contribution in [0, 0.1) is 0 Å². The number of hydrogen-bond donors (Lipinski definition) is 1. The van der Waals surface area contributed by atoms with E-state index in [1.54, 1.807) is 0 Å². The molecular weight excluding hydrogens is 362 g/mol. The molecule has 1 aromatic carbocycles. The Morgan fingerprint density at radius 1 is 1.26 bits per heavy atom. The third kappa shape index (κ3) is 4.47. The second kappa shape index (κ2) is 6.91. The normalized spacial score (nSPS) is 16.7. The van der Waals surface area contributed by atoms with Gasteiger partial charge < -0.3 is 14.8 Å². The summed E-state index contributed by atoms with van der Waals surface area (Å²) in [5.74, 6) is -0.342. The quantitative estimate of drug-likeness (QED) is 0.641. The Morgan fingerprint density at radius 3 is 2.39 bits per heavy atom. The van der Waals surface area contributed by atoms with Gasteiger partial charge in [-0.2, -0.15) is 0 Å². The molecule has 1 amide bonds. The number of fused-ring (bicyclic) bond motifs is 1. The SMILES string of the molecule is COC(=O)c1cc2c(cc1CBr)CC(NC(=O)OC(C)(C)C)C2. The number of rotatable bonds is 3. The lowest BCUT2D eigenvalue weighted by Gasteiger charge is -2.21. The summed E-state index contributed by atoms with van der Waals surface area (Å²) in [5.41, 5.74) is 3.16. The van der Waals surface area contributed by atoms with Crippen LogP contribution in [0.2, 0.25) is 0 Å². The fourth-order valence-electron chi connectivity index (χ4n) is 2.71. The topological polar surface area (TPSA) is 64.6 Å². The molecule has 0 saturated heterocycles. The zero-order valence-corrected chi connectivity index (χ0v) is 15.5. The van der Waals surface area contributed by atoms with Gasteiger partial charge in [-0.3, -0.25) is 0 Å². The van der Waals surface area contributed by atoms with Gasteiger partial charge in [0.05, 0.1) is 12.7 Å². The number of alkyl carbamates (subject to hydrolysis) is 1. The van der Waals surface area contributed by atoms with Gasteiger partial charge in [-0.15, -0.1) is 0 Å². The summed E-state index contributed by atoms with van der Waals surface area (Å²) in [6.45, 7) is 5.50. The summed E-state index contributed by atoms with van der Waals surface area (Å²) in [4.78, 5) is 23.8. The number of esters is 1. The first-order chi connectivity index (χ1) is 10.7. The van der Waals surface area contributed by atoms with Crippen LogP contribution in [0.25, 0.3) is 0 Å². The first kappa shape index (κ1) is 17.8. The average molecular weight is 384 g/mol. The predicted octanol–water partition coefficient (Wildman–Crippen LogP) is 3.36. The maximum Gasteiger partial charge on any atom is 0.407 e. The molecule has 1 aliphatic carbocycles. The van der Waals surface area contributed by atoms with Crippen molar-refractivity contribution in [2.24, 2.45) is 0 Å². The third-order valence-electron chi connectivity index (χ3n) is 3.63. The van der Waals surface area contributed by atoms with E-state index in [0.717, 1.165) is 23.1 Å². The molecule has 1 atom stereocenters. The molecule has 0 aromatic heterocycles. The van der Waals surface area contributed by atoms with Gasteiger partial charge in [0.25, 0.3) is 0 Å². The molecule has 6 heteroatoms. The Hall–Kier alpha value is -1.56. The second-order valence-electron chi connectivity index (χ2n) is 6.65. The molecule has 5 nitrogen and oxygen atoms in total. The fraction of sp³-hybridized carbons (Fsp3) is 0.529. The van der Waals surface area contributed by atoms with Crippen LogP contribution in [0.4, 0.5) is 4.79 Å². The summed E-state index contributed by atoms with van der Waals surface area (Å²) in [6, 6.07) is 3.86. The van der Waals surface area contributed by atoms with E-state index in [-0.39, 0.29) is 12.0 Å². The van der Waals surface area contributed by atoms with Gasteiger partial charge in [0, 0.05) is 11.4 Å². The van der Waals surface area contributed by atoms with Crippen LogP contribution < -0.4 is 5.32 Å². The molecule has 0 bridgehead atoms. The average Bonchev–Trinajstić information content (AvgIpc) is 2.83. The largest absolute Gasteiger partial charge is 0.465 e. The van der Waals surface area contributed by atoms with Crippen LogP contribution in [0.1, 0.15) is 47.8 Å². The van der Waals surface area contributed by atoms with E-state index in [1.807, 2.05) is 32.9 Å². The number of halogens is 1. The van der Waals surface area contributed by atoms with Crippen molar-refractivity contribution in [1.82, 2.24) is 5.32 Å². The third-order valence-corrected chi connectivity index (χ3v) is 4.23. The number of carbonyl (C=O) groups is 2. The first-order valence-electron chi connectivity index (χ1n) is 7.52. The Morgan fingerprint density at radius 2 is 1.87 bits per heavy atom. The summed E-state index contributed by atoms with van der Waals surface area (Å²) < 4.78 is 10.1. The molecule has 0 aliphatic heterocycles. The fourth-order valence-corrected chi connectivity index (χ4v) is 3.17. The smallest absolute Gasteiger partial charge is 0.407 e. The monoisotopic (exact) mass is 383 g/mol. The molecular formula is C17H22BrNO4. The number of methoxy groups -OCH3 is 1. The van der Waals surface area contributed by atoms with E-state index in [4.69, 9.17) is 9.47 Å². The van der Waals surface area contributed by atoms with Crippen molar-refractivity contribution >= 4 is 28.0 Å². The van der Waals surface area contributed by atoms with Gasteiger partial charge in [-0.25, -0.2) is 9.59 Å². The molecule has 1 unspecified atom stereocenters. The highest BCUT2D eigenvalue weighted by atomic mass is 79.9. The van der Waals surface area contributed by atoms with Crippen molar-refractivity contribution in [3.8, 4) is 0 Å². The summed E-state index contributed by atoms with van der Waals surface area (Å²) in [6.07, 6.45) is 1.00. The van der Waals surface area contributed by atoms with Crippen molar-refractivity contribution < 1.29 is 19.1 Å². The molecule has 126 valence electrons. The molecule has 2 rings (SSSR count). The van der Waals surface area contributed by atoms with Crippen LogP contribution >= 0.6 is 15.9 Å². The number of carbonyl (C=O) groups excluding carboxylic acids is 2. The molecule has 23 heavy (non-hydrogen) atoms. The van der Waals surface area contributed by atoms with Crippen molar-refractivity contribution in [2.45, 2.75) is 50.6 Å². The lowest BCUT2D eigenvalue weighted by molar-refractivity contribution is 0.0505. The van der Waals surface area contributed by atoms with E-state index in [0.29, 0.717) is 17.3 Å². The van der Waals surface area contributed by atoms with Crippen molar-refractivity contribution in [2.75, 3.05) is 7.11 Å². The summed E-state index contributed by atoms with van der Waals surface area (Å²) in [5, 5.41) is 3.47. The number of hydrogen-bond acceptors (Lipinski definition) is 4. The van der Waals surface area contributed by atoms with E-state index in [1.165, 1.54) is 7.11 Å². The van der Waals surface area contributed by atoms with Gasteiger partial charge in [-0.05, 0) is 56.4 Å². The number of benzene rings is 1. The zero-order chi connectivity index (χ0) is 17.2. The number of nitrogens with one attached hydrogen (secondary N) is 1. The predicted molar refractivity (Wildman–Crippen MR) is 91.0 cm³/mol.